The summed E-state index contributed by atoms with van der Waals surface area (Å²) in [5, 5.41) is 3.82. The second kappa shape index (κ2) is 5.61. The van der Waals surface area contributed by atoms with Gasteiger partial charge in [-0.3, -0.25) is 0 Å². The van der Waals surface area contributed by atoms with Gasteiger partial charge < -0.3 is 9.47 Å². The van der Waals surface area contributed by atoms with Gasteiger partial charge in [0.15, 0.2) is 0 Å². The first-order valence-electron chi connectivity index (χ1n) is 6.34. The van der Waals surface area contributed by atoms with Gasteiger partial charge in [0.1, 0.15) is 12.3 Å². The average Bonchev–Trinajstić information content (AvgIpc) is 3.01. The molecule has 0 aliphatic carbocycles. The highest BCUT2D eigenvalue weighted by Crippen LogP contribution is 2.31. The van der Waals surface area contributed by atoms with Gasteiger partial charge in [-0.1, -0.05) is 18.2 Å². The summed E-state index contributed by atoms with van der Waals surface area (Å²) in [6.07, 6.45) is -1.47. The van der Waals surface area contributed by atoms with Gasteiger partial charge in [-0.15, -0.1) is 0 Å². The molecule has 0 bridgehead atoms. The minimum absolute atomic E-state index is 0.0420. The molecule has 3 rings (SSSR count). The minimum atomic E-state index is -2.61. The van der Waals surface area contributed by atoms with Crippen molar-refractivity contribution in [1.82, 2.24) is 5.43 Å². The maximum Gasteiger partial charge on any atom is 0.428 e. The molecule has 0 saturated heterocycles. The lowest BCUT2D eigenvalue weighted by molar-refractivity contribution is 0.150. The molecule has 0 atom stereocenters. The quantitative estimate of drug-likeness (QED) is 0.931. The Bertz CT molecular complexity index is 641. The fourth-order valence-corrected chi connectivity index (χ4v) is 2.25. The van der Waals surface area contributed by atoms with Crippen LogP contribution < -0.4 is 5.43 Å². The van der Waals surface area contributed by atoms with E-state index >= 15 is 0 Å². The summed E-state index contributed by atoms with van der Waals surface area (Å²) in [5.41, 5.74) is 4.21. The maximum absolute atomic E-state index is 13.3. The summed E-state index contributed by atoms with van der Waals surface area (Å²) in [6.45, 7) is 0.727. The third kappa shape index (κ3) is 2.78. The molecule has 7 heteroatoms. The van der Waals surface area contributed by atoms with Crippen LogP contribution >= 0.6 is 0 Å². The Kier molecular flexibility index (Phi) is 3.66. The Hall–Kier alpha value is -2.28. The number of nitrogens with zero attached hydrogens (tertiary/aromatic N) is 1. The number of alkyl halides is 2. The third-order valence-electron chi connectivity index (χ3n) is 3.29. The Morgan fingerprint density at radius 3 is 2.76 bits per heavy atom. The first-order chi connectivity index (χ1) is 10.1. The number of hydrogen-bond acceptors (Lipinski definition) is 4. The van der Waals surface area contributed by atoms with Crippen molar-refractivity contribution in [2.45, 2.75) is 6.43 Å². The molecule has 1 amide bonds. The fraction of sp³-hybridized carbons (Fsp3) is 0.286. The molecule has 1 N–H and O–H groups in total. The molecular weight excluding hydrogens is 282 g/mol. The number of amides is 1. The molecule has 5 nitrogen and oxygen atoms in total. The number of carbonyl (C=O) groups is 1. The zero-order chi connectivity index (χ0) is 14.8. The van der Waals surface area contributed by atoms with Crippen LogP contribution in [0.1, 0.15) is 23.1 Å². The summed E-state index contributed by atoms with van der Waals surface area (Å²) in [6, 6.07) is 4.68. The van der Waals surface area contributed by atoms with E-state index in [2.05, 4.69) is 10.5 Å². The van der Waals surface area contributed by atoms with Gasteiger partial charge in [-0.2, -0.15) is 5.10 Å². The normalized spacial score (nSPS) is 18.1. The standard InChI is InChI=1S/C14H12F2N2O3/c15-13(16)11-5-8(12-7-21-14(19)18-17-12)1-2-10(11)9-3-4-20-6-9/h1-3,5,13H,4,6-7H2,(H,18,19). The zero-order valence-corrected chi connectivity index (χ0v) is 10.9. The van der Waals surface area contributed by atoms with E-state index in [1.807, 2.05) is 0 Å². The topological polar surface area (TPSA) is 59.9 Å². The van der Waals surface area contributed by atoms with Crippen molar-refractivity contribution >= 4 is 17.4 Å². The maximum atomic E-state index is 13.3. The Morgan fingerprint density at radius 2 is 2.14 bits per heavy atom. The molecule has 0 spiro atoms. The van der Waals surface area contributed by atoms with Crippen LogP contribution in [0.15, 0.2) is 29.4 Å². The third-order valence-corrected chi connectivity index (χ3v) is 3.29. The van der Waals surface area contributed by atoms with Gasteiger partial charge in [-0.05, 0) is 17.2 Å². The van der Waals surface area contributed by atoms with Gasteiger partial charge in [-0.25, -0.2) is 19.0 Å². The van der Waals surface area contributed by atoms with Crippen molar-refractivity contribution in [1.29, 1.82) is 0 Å². The van der Waals surface area contributed by atoms with E-state index in [4.69, 9.17) is 9.47 Å². The lowest BCUT2D eigenvalue weighted by Gasteiger charge is -2.16. The Balaban J connectivity index is 1.97. The first-order valence-corrected chi connectivity index (χ1v) is 6.34. The van der Waals surface area contributed by atoms with Crippen LogP contribution in [0.2, 0.25) is 0 Å². The number of hydrazone groups is 1. The second-order valence-electron chi connectivity index (χ2n) is 4.59. The van der Waals surface area contributed by atoms with Crippen LogP contribution in [-0.2, 0) is 9.47 Å². The summed E-state index contributed by atoms with van der Waals surface area (Å²) in [5.74, 6) is 0. The van der Waals surface area contributed by atoms with E-state index in [9.17, 15) is 13.6 Å². The largest absolute Gasteiger partial charge is 0.442 e. The average molecular weight is 294 g/mol. The van der Waals surface area contributed by atoms with E-state index in [0.29, 0.717) is 30.1 Å². The van der Waals surface area contributed by atoms with Crippen LogP contribution in [0.5, 0.6) is 0 Å². The SMILES string of the molecule is O=C1NN=C(c2ccc(C3=CCOC3)c(C(F)F)c2)CO1. The van der Waals surface area contributed by atoms with Crippen LogP contribution in [0, 0.1) is 0 Å². The van der Waals surface area contributed by atoms with Crippen molar-refractivity contribution in [3.8, 4) is 0 Å². The predicted molar refractivity (Wildman–Crippen MR) is 71.2 cm³/mol. The van der Waals surface area contributed by atoms with E-state index in [1.54, 1.807) is 18.2 Å². The van der Waals surface area contributed by atoms with Crippen molar-refractivity contribution in [2.24, 2.45) is 5.10 Å². The predicted octanol–water partition coefficient (Wildman–Crippen LogP) is 2.48. The molecule has 0 radical (unpaired) electrons. The van der Waals surface area contributed by atoms with Crippen LogP contribution in [0.4, 0.5) is 13.6 Å². The highest BCUT2D eigenvalue weighted by atomic mass is 19.3. The Labute approximate surface area is 119 Å². The molecule has 110 valence electrons. The number of halogens is 2. The van der Waals surface area contributed by atoms with Gasteiger partial charge >= 0.3 is 6.09 Å². The number of rotatable bonds is 3. The van der Waals surface area contributed by atoms with Crippen LogP contribution in [0.25, 0.3) is 5.57 Å². The number of cyclic esters (lactones) is 1. The fourth-order valence-electron chi connectivity index (χ4n) is 2.25. The second-order valence-corrected chi connectivity index (χ2v) is 4.59. The lowest BCUT2D eigenvalue weighted by atomic mass is 9.96. The lowest BCUT2D eigenvalue weighted by Crippen LogP contribution is -2.30. The molecule has 0 saturated carbocycles. The summed E-state index contributed by atoms with van der Waals surface area (Å²) in [4.78, 5) is 10.9. The molecule has 2 heterocycles. The molecule has 21 heavy (non-hydrogen) atoms. The van der Waals surface area contributed by atoms with Crippen molar-refractivity contribution < 1.29 is 23.0 Å². The number of ether oxygens (including phenoxy) is 2. The molecule has 1 aromatic carbocycles. The summed E-state index contributed by atoms with van der Waals surface area (Å²) >= 11 is 0. The molecule has 0 aromatic heterocycles. The van der Waals surface area contributed by atoms with Gasteiger partial charge in [0, 0.05) is 11.1 Å². The van der Waals surface area contributed by atoms with Gasteiger partial charge in [0.25, 0.3) is 6.43 Å². The highest BCUT2D eigenvalue weighted by molar-refractivity contribution is 6.04. The van der Waals surface area contributed by atoms with Crippen LogP contribution in [0.3, 0.4) is 0 Å². The smallest absolute Gasteiger partial charge is 0.428 e. The number of nitrogens with one attached hydrogen (secondary N) is 1. The molecule has 2 aliphatic rings. The molecule has 0 unspecified atom stereocenters. The number of benzene rings is 1. The summed E-state index contributed by atoms with van der Waals surface area (Å²) in [7, 11) is 0. The van der Waals surface area contributed by atoms with E-state index in [-0.39, 0.29) is 12.2 Å². The molecule has 0 fully saturated rings. The van der Waals surface area contributed by atoms with Gasteiger partial charge in [0.05, 0.1) is 13.2 Å². The van der Waals surface area contributed by atoms with E-state index in [1.165, 1.54) is 6.07 Å². The molecule has 1 aromatic rings. The van der Waals surface area contributed by atoms with Crippen molar-refractivity contribution in [3.63, 3.8) is 0 Å². The summed E-state index contributed by atoms with van der Waals surface area (Å²) < 4.78 is 36.5. The van der Waals surface area contributed by atoms with Crippen molar-refractivity contribution in [2.75, 3.05) is 19.8 Å². The minimum Gasteiger partial charge on any atom is -0.442 e. The van der Waals surface area contributed by atoms with E-state index < -0.39 is 12.5 Å². The zero-order valence-electron chi connectivity index (χ0n) is 10.9. The molecular formula is C14H12F2N2O3. The number of carbonyl (C=O) groups excluding carboxylic acids is 1. The Morgan fingerprint density at radius 1 is 1.29 bits per heavy atom. The van der Waals surface area contributed by atoms with Crippen LogP contribution in [-0.4, -0.2) is 31.6 Å². The number of hydrogen-bond donors (Lipinski definition) is 1. The molecule has 2 aliphatic heterocycles. The van der Waals surface area contributed by atoms with Crippen molar-refractivity contribution in [3.05, 3.63) is 41.0 Å². The van der Waals surface area contributed by atoms with E-state index in [0.717, 1.165) is 5.57 Å². The highest BCUT2D eigenvalue weighted by Gasteiger charge is 2.21. The first kappa shape index (κ1) is 13.7. The monoisotopic (exact) mass is 294 g/mol. The van der Waals surface area contributed by atoms with Gasteiger partial charge in [0.2, 0.25) is 0 Å².